The minimum Gasteiger partial charge on any atom is -0.476 e. The van der Waals surface area contributed by atoms with Gasteiger partial charge in [0.25, 0.3) is 0 Å². The van der Waals surface area contributed by atoms with Crippen LogP contribution in [-0.2, 0) is 9.53 Å². The minimum atomic E-state index is 0.207. The first-order valence-electron chi connectivity index (χ1n) is 7.73. The standard InChI is InChI=1S/C15H22N4O3/c16-13-10-12(18-4-7-21-8-5-18)11-14(17-13)22-9-6-19-3-1-2-15(19)20/h10-11H,1-9H2,(H2,16,17). The van der Waals surface area contributed by atoms with Gasteiger partial charge < -0.3 is 25.0 Å². The molecule has 3 heterocycles. The number of nitrogen functional groups attached to an aromatic ring is 1. The molecule has 7 nitrogen and oxygen atoms in total. The molecule has 1 aromatic heterocycles. The molecule has 0 bridgehead atoms. The Kier molecular flexibility index (Phi) is 4.62. The van der Waals surface area contributed by atoms with Crippen molar-refractivity contribution in [2.24, 2.45) is 0 Å². The van der Waals surface area contributed by atoms with Crippen molar-refractivity contribution in [3.05, 3.63) is 12.1 Å². The SMILES string of the molecule is Nc1cc(N2CCOCC2)cc(OCCN2CCCC2=O)n1. The largest absolute Gasteiger partial charge is 0.476 e. The Hall–Kier alpha value is -2.02. The van der Waals surface area contributed by atoms with Gasteiger partial charge in [0.2, 0.25) is 11.8 Å². The Morgan fingerprint density at radius 1 is 1.27 bits per heavy atom. The number of carbonyl (C=O) groups is 1. The molecule has 7 heteroatoms. The Labute approximate surface area is 130 Å². The molecule has 0 unspecified atom stereocenters. The first-order chi connectivity index (χ1) is 10.7. The first-order valence-corrected chi connectivity index (χ1v) is 7.73. The quantitative estimate of drug-likeness (QED) is 0.853. The van der Waals surface area contributed by atoms with Crippen molar-refractivity contribution in [1.29, 1.82) is 0 Å². The van der Waals surface area contributed by atoms with Gasteiger partial charge in [-0.25, -0.2) is 0 Å². The van der Waals surface area contributed by atoms with Crippen LogP contribution in [0.5, 0.6) is 5.88 Å². The summed E-state index contributed by atoms with van der Waals surface area (Å²) in [5.41, 5.74) is 6.87. The van der Waals surface area contributed by atoms with Gasteiger partial charge in [0, 0.05) is 43.9 Å². The average molecular weight is 306 g/mol. The van der Waals surface area contributed by atoms with Crippen molar-refractivity contribution in [1.82, 2.24) is 9.88 Å². The van der Waals surface area contributed by atoms with Gasteiger partial charge in [0.05, 0.1) is 19.8 Å². The van der Waals surface area contributed by atoms with Gasteiger partial charge in [0.15, 0.2) is 0 Å². The van der Waals surface area contributed by atoms with E-state index in [9.17, 15) is 4.79 Å². The second-order valence-corrected chi connectivity index (χ2v) is 5.52. The summed E-state index contributed by atoms with van der Waals surface area (Å²) in [4.78, 5) is 19.8. The summed E-state index contributed by atoms with van der Waals surface area (Å²) in [6, 6.07) is 3.75. The fourth-order valence-electron chi connectivity index (χ4n) is 2.79. The predicted octanol–water partition coefficient (Wildman–Crippen LogP) is 0.502. The van der Waals surface area contributed by atoms with E-state index in [0.29, 0.717) is 31.3 Å². The molecule has 3 rings (SSSR count). The molecule has 2 saturated heterocycles. The highest BCUT2D eigenvalue weighted by molar-refractivity contribution is 5.78. The van der Waals surface area contributed by atoms with Gasteiger partial charge in [-0.05, 0) is 6.42 Å². The summed E-state index contributed by atoms with van der Waals surface area (Å²) in [6.45, 7) is 4.97. The summed E-state index contributed by atoms with van der Waals surface area (Å²) >= 11 is 0. The van der Waals surface area contributed by atoms with Gasteiger partial charge >= 0.3 is 0 Å². The molecule has 2 N–H and O–H groups in total. The molecular weight excluding hydrogens is 284 g/mol. The van der Waals surface area contributed by atoms with Crippen LogP contribution in [0.1, 0.15) is 12.8 Å². The molecule has 0 spiro atoms. The second kappa shape index (κ2) is 6.83. The minimum absolute atomic E-state index is 0.207. The van der Waals surface area contributed by atoms with Gasteiger partial charge in [-0.2, -0.15) is 4.98 Å². The number of likely N-dealkylation sites (tertiary alicyclic amines) is 1. The summed E-state index contributed by atoms with van der Waals surface area (Å²) in [5.74, 6) is 1.16. The van der Waals surface area contributed by atoms with Crippen molar-refractivity contribution in [3.8, 4) is 5.88 Å². The van der Waals surface area contributed by atoms with Crippen LogP contribution in [0.3, 0.4) is 0 Å². The number of nitrogens with zero attached hydrogens (tertiary/aromatic N) is 3. The molecule has 1 aromatic rings. The number of nitrogens with two attached hydrogens (primary N) is 1. The number of amides is 1. The summed E-state index contributed by atoms with van der Waals surface area (Å²) in [5, 5.41) is 0. The van der Waals surface area contributed by atoms with Crippen LogP contribution >= 0.6 is 0 Å². The lowest BCUT2D eigenvalue weighted by molar-refractivity contribution is -0.128. The van der Waals surface area contributed by atoms with E-state index in [1.807, 2.05) is 17.0 Å². The normalized spacial score (nSPS) is 18.8. The van der Waals surface area contributed by atoms with E-state index < -0.39 is 0 Å². The molecule has 22 heavy (non-hydrogen) atoms. The lowest BCUT2D eigenvalue weighted by Gasteiger charge is -2.29. The fraction of sp³-hybridized carbons (Fsp3) is 0.600. The first kappa shape index (κ1) is 14.9. The third-order valence-corrected chi connectivity index (χ3v) is 3.97. The van der Waals surface area contributed by atoms with Gasteiger partial charge in [0.1, 0.15) is 12.4 Å². The van der Waals surface area contributed by atoms with Gasteiger partial charge in [-0.3, -0.25) is 4.79 Å². The molecule has 2 aliphatic heterocycles. The van der Waals surface area contributed by atoms with E-state index in [2.05, 4.69) is 9.88 Å². The predicted molar refractivity (Wildman–Crippen MR) is 83.0 cm³/mol. The molecule has 0 radical (unpaired) electrons. The van der Waals surface area contributed by atoms with Crippen LogP contribution < -0.4 is 15.4 Å². The van der Waals surface area contributed by atoms with Crippen molar-refractivity contribution in [3.63, 3.8) is 0 Å². The van der Waals surface area contributed by atoms with E-state index in [1.165, 1.54) is 0 Å². The second-order valence-electron chi connectivity index (χ2n) is 5.52. The molecular formula is C15H22N4O3. The highest BCUT2D eigenvalue weighted by atomic mass is 16.5. The topological polar surface area (TPSA) is 80.9 Å². The van der Waals surface area contributed by atoms with E-state index in [-0.39, 0.29) is 5.91 Å². The van der Waals surface area contributed by atoms with Gasteiger partial charge in [-0.1, -0.05) is 0 Å². The smallest absolute Gasteiger partial charge is 0.222 e. The third-order valence-electron chi connectivity index (χ3n) is 3.97. The van der Waals surface area contributed by atoms with Crippen molar-refractivity contribution >= 4 is 17.4 Å². The number of aromatic nitrogens is 1. The molecule has 2 aliphatic rings. The zero-order valence-corrected chi connectivity index (χ0v) is 12.7. The van der Waals surface area contributed by atoms with Crippen LogP contribution in [-0.4, -0.2) is 61.8 Å². The van der Waals surface area contributed by atoms with E-state index in [4.69, 9.17) is 15.2 Å². The highest BCUT2D eigenvalue weighted by Crippen LogP contribution is 2.23. The van der Waals surface area contributed by atoms with E-state index in [1.54, 1.807) is 0 Å². The highest BCUT2D eigenvalue weighted by Gasteiger charge is 2.19. The van der Waals surface area contributed by atoms with E-state index >= 15 is 0 Å². The Balaban J connectivity index is 1.58. The third kappa shape index (κ3) is 3.59. The van der Waals surface area contributed by atoms with Crippen LogP contribution in [0.15, 0.2) is 12.1 Å². The van der Waals surface area contributed by atoms with Crippen molar-refractivity contribution in [2.75, 3.05) is 56.6 Å². The molecule has 1 amide bonds. The zero-order chi connectivity index (χ0) is 15.4. The number of anilines is 2. The molecule has 0 aromatic carbocycles. The summed E-state index contributed by atoms with van der Waals surface area (Å²) in [6.07, 6.45) is 1.59. The number of pyridine rings is 1. The zero-order valence-electron chi connectivity index (χ0n) is 12.7. The maximum Gasteiger partial charge on any atom is 0.222 e. The van der Waals surface area contributed by atoms with Crippen LogP contribution in [0, 0.1) is 0 Å². The van der Waals surface area contributed by atoms with Crippen LogP contribution in [0.2, 0.25) is 0 Å². The van der Waals surface area contributed by atoms with Crippen molar-refractivity contribution < 1.29 is 14.3 Å². The number of hydrogen-bond donors (Lipinski definition) is 1. The molecule has 2 fully saturated rings. The number of rotatable bonds is 5. The van der Waals surface area contributed by atoms with Crippen LogP contribution in [0.25, 0.3) is 0 Å². The maximum atomic E-state index is 11.5. The Bertz CT molecular complexity index is 532. The van der Waals surface area contributed by atoms with Gasteiger partial charge in [-0.15, -0.1) is 0 Å². The number of morpholine rings is 1. The number of ether oxygens (including phenoxy) is 2. The number of carbonyl (C=O) groups excluding carboxylic acids is 1. The summed E-state index contributed by atoms with van der Waals surface area (Å²) < 4.78 is 11.0. The summed E-state index contributed by atoms with van der Waals surface area (Å²) in [7, 11) is 0. The monoisotopic (exact) mass is 306 g/mol. The Morgan fingerprint density at radius 3 is 2.82 bits per heavy atom. The molecule has 0 saturated carbocycles. The molecule has 120 valence electrons. The van der Waals surface area contributed by atoms with Crippen molar-refractivity contribution in [2.45, 2.75) is 12.8 Å². The fourth-order valence-corrected chi connectivity index (χ4v) is 2.79. The van der Waals surface area contributed by atoms with E-state index in [0.717, 1.165) is 45.0 Å². The number of hydrogen-bond acceptors (Lipinski definition) is 6. The Morgan fingerprint density at radius 2 is 2.09 bits per heavy atom. The lowest BCUT2D eigenvalue weighted by Crippen LogP contribution is -2.36. The average Bonchev–Trinajstić information content (AvgIpc) is 2.93. The molecule has 0 atom stereocenters. The molecule has 0 aliphatic carbocycles. The maximum absolute atomic E-state index is 11.5. The van der Waals surface area contributed by atoms with Crippen LogP contribution in [0.4, 0.5) is 11.5 Å². The lowest BCUT2D eigenvalue weighted by atomic mass is 10.3.